The van der Waals surface area contributed by atoms with Gasteiger partial charge >= 0.3 is 0 Å². The number of nitrogens with one attached hydrogen (secondary N) is 1. The van der Waals surface area contributed by atoms with Gasteiger partial charge in [0, 0.05) is 24.1 Å². The lowest BCUT2D eigenvalue weighted by atomic mass is 10.1. The SMILES string of the molecule is OCC[C@@H]1O[C@@H](n2cc(-c3ccccc3)c3c(Nc4ccccc4)ncnc32)[C@H](O)[C@@H]1O. The van der Waals surface area contributed by atoms with Crippen LogP contribution >= 0.6 is 0 Å². The topological polar surface area (TPSA) is 113 Å². The van der Waals surface area contributed by atoms with Crippen molar-refractivity contribution in [3.05, 3.63) is 73.2 Å². The van der Waals surface area contributed by atoms with Gasteiger partial charge in [-0.1, -0.05) is 48.5 Å². The Hall–Kier alpha value is -3.30. The van der Waals surface area contributed by atoms with Crippen LogP contribution in [-0.2, 0) is 4.74 Å². The fourth-order valence-electron chi connectivity index (χ4n) is 4.19. The van der Waals surface area contributed by atoms with Gasteiger partial charge in [-0.3, -0.25) is 0 Å². The van der Waals surface area contributed by atoms with Crippen molar-refractivity contribution in [1.29, 1.82) is 0 Å². The quantitative estimate of drug-likeness (QED) is 0.371. The smallest absolute Gasteiger partial charge is 0.164 e. The maximum absolute atomic E-state index is 10.7. The van der Waals surface area contributed by atoms with Crippen LogP contribution in [0.25, 0.3) is 22.2 Å². The maximum atomic E-state index is 10.7. The van der Waals surface area contributed by atoms with Gasteiger partial charge < -0.3 is 29.9 Å². The zero-order chi connectivity index (χ0) is 22.1. The number of aliphatic hydroxyl groups excluding tert-OH is 3. The molecule has 164 valence electrons. The predicted octanol–water partition coefficient (Wildman–Crippen LogP) is 2.84. The Morgan fingerprint density at radius 1 is 0.938 bits per heavy atom. The minimum absolute atomic E-state index is 0.143. The Morgan fingerprint density at radius 2 is 1.66 bits per heavy atom. The van der Waals surface area contributed by atoms with Gasteiger partial charge in [0.15, 0.2) is 6.23 Å². The fraction of sp³-hybridized carbons (Fsp3) is 0.250. The predicted molar refractivity (Wildman–Crippen MR) is 120 cm³/mol. The highest BCUT2D eigenvalue weighted by molar-refractivity contribution is 6.02. The first-order chi connectivity index (χ1) is 15.7. The van der Waals surface area contributed by atoms with Crippen molar-refractivity contribution in [3.8, 4) is 11.1 Å². The summed E-state index contributed by atoms with van der Waals surface area (Å²) in [6, 6.07) is 19.6. The number of rotatable bonds is 6. The summed E-state index contributed by atoms with van der Waals surface area (Å²) in [5, 5.41) is 34.6. The molecule has 4 N–H and O–H groups in total. The van der Waals surface area contributed by atoms with E-state index in [-0.39, 0.29) is 13.0 Å². The third-order valence-corrected chi connectivity index (χ3v) is 5.76. The van der Waals surface area contributed by atoms with Crippen molar-refractivity contribution >= 4 is 22.5 Å². The minimum Gasteiger partial charge on any atom is -0.396 e. The molecule has 2 aromatic heterocycles. The highest BCUT2D eigenvalue weighted by atomic mass is 16.6. The molecule has 0 unspecified atom stereocenters. The number of aliphatic hydroxyl groups is 3. The fourth-order valence-corrected chi connectivity index (χ4v) is 4.19. The molecule has 4 aromatic rings. The summed E-state index contributed by atoms with van der Waals surface area (Å²) in [5.41, 5.74) is 3.28. The van der Waals surface area contributed by atoms with E-state index in [0.717, 1.165) is 22.2 Å². The summed E-state index contributed by atoms with van der Waals surface area (Å²) < 4.78 is 7.69. The molecule has 0 amide bonds. The van der Waals surface area contributed by atoms with Gasteiger partial charge in [0.2, 0.25) is 0 Å². The second-order valence-corrected chi connectivity index (χ2v) is 7.79. The highest BCUT2D eigenvalue weighted by Gasteiger charge is 2.44. The van der Waals surface area contributed by atoms with Crippen LogP contribution in [0.5, 0.6) is 0 Å². The Balaban J connectivity index is 1.66. The van der Waals surface area contributed by atoms with E-state index < -0.39 is 24.5 Å². The Labute approximate surface area is 184 Å². The number of para-hydroxylation sites is 1. The van der Waals surface area contributed by atoms with Crippen molar-refractivity contribution in [1.82, 2.24) is 14.5 Å². The zero-order valence-corrected chi connectivity index (χ0v) is 17.2. The van der Waals surface area contributed by atoms with Crippen LogP contribution in [-0.4, -0.2) is 54.8 Å². The van der Waals surface area contributed by atoms with Gasteiger partial charge in [-0.25, -0.2) is 9.97 Å². The number of anilines is 2. The molecule has 3 heterocycles. The van der Waals surface area contributed by atoms with Crippen molar-refractivity contribution in [2.45, 2.75) is 31.0 Å². The largest absolute Gasteiger partial charge is 0.396 e. The van der Waals surface area contributed by atoms with E-state index in [0.29, 0.717) is 11.5 Å². The van der Waals surface area contributed by atoms with Crippen LogP contribution in [0.2, 0.25) is 0 Å². The minimum atomic E-state index is -1.16. The third-order valence-electron chi connectivity index (χ3n) is 5.76. The highest BCUT2D eigenvalue weighted by Crippen LogP contribution is 2.39. The van der Waals surface area contributed by atoms with E-state index in [1.165, 1.54) is 6.33 Å². The van der Waals surface area contributed by atoms with Crippen LogP contribution in [0, 0.1) is 0 Å². The first kappa shape index (κ1) is 20.6. The van der Waals surface area contributed by atoms with Gasteiger partial charge in [0.1, 0.15) is 30.0 Å². The van der Waals surface area contributed by atoms with Crippen molar-refractivity contribution in [2.75, 3.05) is 11.9 Å². The van der Waals surface area contributed by atoms with Gasteiger partial charge in [0.05, 0.1) is 11.5 Å². The Morgan fingerprint density at radius 3 is 2.38 bits per heavy atom. The Kier molecular flexibility index (Phi) is 5.59. The van der Waals surface area contributed by atoms with E-state index >= 15 is 0 Å². The lowest BCUT2D eigenvalue weighted by molar-refractivity contribution is -0.0402. The van der Waals surface area contributed by atoms with Crippen LogP contribution in [0.4, 0.5) is 11.5 Å². The molecule has 0 spiro atoms. The van der Waals surface area contributed by atoms with Gasteiger partial charge in [-0.05, 0) is 24.1 Å². The first-order valence-corrected chi connectivity index (χ1v) is 10.5. The molecule has 0 bridgehead atoms. The second kappa shape index (κ2) is 8.68. The molecule has 1 aliphatic rings. The molecule has 0 radical (unpaired) electrons. The first-order valence-electron chi connectivity index (χ1n) is 10.5. The van der Waals surface area contributed by atoms with Crippen LogP contribution < -0.4 is 5.32 Å². The summed E-state index contributed by atoms with van der Waals surface area (Å²) in [6.45, 7) is -0.143. The lowest BCUT2D eigenvalue weighted by Gasteiger charge is -2.17. The van der Waals surface area contributed by atoms with Crippen LogP contribution in [0.15, 0.2) is 73.2 Å². The molecular weight excluding hydrogens is 408 g/mol. The van der Waals surface area contributed by atoms with E-state index in [9.17, 15) is 15.3 Å². The van der Waals surface area contributed by atoms with Crippen molar-refractivity contribution in [2.24, 2.45) is 0 Å². The maximum Gasteiger partial charge on any atom is 0.164 e. The standard InChI is InChI=1S/C24H24N4O4/c29-12-11-18-20(30)21(31)24(32-18)28-13-17(15-7-3-1-4-8-15)19-22(25-14-26-23(19)28)27-16-9-5-2-6-10-16/h1-10,13-14,18,20-21,24,29-31H,11-12H2,(H,25,26,27)/t18-,20+,21+,24+/m0/s1. The molecule has 1 aliphatic heterocycles. The lowest BCUT2D eigenvalue weighted by Crippen LogP contribution is -2.31. The normalized spacial score (nSPS) is 23.0. The van der Waals surface area contributed by atoms with Crippen molar-refractivity contribution < 1.29 is 20.1 Å². The molecule has 8 heteroatoms. The van der Waals surface area contributed by atoms with Gasteiger partial charge in [0.25, 0.3) is 0 Å². The molecule has 2 aromatic carbocycles. The molecule has 8 nitrogen and oxygen atoms in total. The number of benzene rings is 2. The molecule has 1 fully saturated rings. The number of ether oxygens (including phenoxy) is 1. The van der Waals surface area contributed by atoms with E-state index in [1.54, 1.807) is 4.57 Å². The van der Waals surface area contributed by atoms with Gasteiger partial charge in [-0.15, -0.1) is 0 Å². The molecule has 4 atom stereocenters. The number of hydrogen-bond acceptors (Lipinski definition) is 7. The van der Waals surface area contributed by atoms with Crippen LogP contribution in [0.1, 0.15) is 12.6 Å². The zero-order valence-electron chi connectivity index (χ0n) is 17.2. The number of nitrogens with zero attached hydrogens (tertiary/aromatic N) is 3. The van der Waals surface area contributed by atoms with E-state index in [4.69, 9.17) is 4.74 Å². The summed E-state index contributed by atoms with van der Waals surface area (Å²) >= 11 is 0. The summed E-state index contributed by atoms with van der Waals surface area (Å²) in [5.74, 6) is 0.624. The average Bonchev–Trinajstić information content (AvgIpc) is 3.34. The molecule has 0 saturated carbocycles. The van der Waals surface area contributed by atoms with Crippen molar-refractivity contribution in [3.63, 3.8) is 0 Å². The number of fused-ring (bicyclic) bond motifs is 1. The second-order valence-electron chi connectivity index (χ2n) is 7.79. The van der Waals surface area contributed by atoms with Crippen LogP contribution in [0.3, 0.4) is 0 Å². The molecular formula is C24H24N4O4. The molecule has 32 heavy (non-hydrogen) atoms. The van der Waals surface area contributed by atoms with Gasteiger partial charge in [-0.2, -0.15) is 0 Å². The number of aromatic nitrogens is 3. The number of hydrogen-bond donors (Lipinski definition) is 4. The monoisotopic (exact) mass is 432 g/mol. The third kappa shape index (κ3) is 3.63. The molecule has 1 saturated heterocycles. The summed E-state index contributed by atoms with van der Waals surface area (Å²) in [7, 11) is 0. The summed E-state index contributed by atoms with van der Waals surface area (Å²) in [6.07, 6.45) is -0.216. The molecule has 0 aliphatic carbocycles. The van der Waals surface area contributed by atoms with E-state index in [1.807, 2.05) is 66.9 Å². The summed E-state index contributed by atoms with van der Waals surface area (Å²) in [4.78, 5) is 8.98. The van der Waals surface area contributed by atoms with E-state index in [2.05, 4.69) is 15.3 Å². The molecule has 5 rings (SSSR count). The Bertz CT molecular complexity index is 1200. The average molecular weight is 432 g/mol.